The van der Waals surface area contributed by atoms with Crippen molar-refractivity contribution < 1.29 is 22.9 Å². The highest BCUT2D eigenvalue weighted by molar-refractivity contribution is 8.02. The van der Waals surface area contributed by atoms with Crippen LogP contribution in [-0.4, -0.2) is 45.9 Å². The molecule has 2 atom stereocenters. The molecule has 0 aliphatic rings. The van der Waals surface area contributed by atoms with E-state index in [4.69, 9.17) is 30.1 Å². The minimum atomic E-state index is -3.40. The van der Waals surface area contributed by atoms with Crippen LogP contribution in [0.5, 0.6) is 11.5 Å². The number of benzene rings is 2. The Morgan fingerprint density at radius 3 is 1.82 bits per heavy atom. The Balaban J connectivity index is -0.000000272. The molecule has 8 nitrogen and oxygen atoms in total. The predicted octanol–water partition coefficient (Wildman–Crippen LogP) is 10.2. The van der Waals surface area contributed by atoms with Crippen molar-refractivity contribution >= 4 is 32.7 Å². The molecule has 2 unspecified atom stereocenters. The predicted molar refractivity (Wildman–Crippen MR) is 186 cm³/mol. The molecule has 11 heteroatoms. The van der Waals surface area contributed by atoms with Gasteiger partial charge in [0.2, 0.25) is 11.8 Å². The zero-order valence-corrected chi connectivity index (χ0v) is 21.1. The topological polar surface area (TPSA) is 81.6 Å². The van der Waals surface area contributed by atoms with Crippen molar-refractivity contribution in [3.63, 3.8) is 0 Å². The summed E-state index contributed by atoms with van der Waals surface area (Å²) in [7, 11) is 1.28. The Morgan fingerprint density at radius 1 is 0.925 bits per heavy atom. The lowest BCUT2D eigenvalue weighted by Crippen LogP contribution is -2.22. The minimum Gasteiger partial charge on any atom is -0.497 e. The maximum Gasteiger partial charge on any atom is 0.540 e. The third kappa shape index (κ3) is 15.6. The van der Waals surface area contributed by atoms with Gasteiger partial charge in [0.05, 0.1) is 20.4 Å². The van der Waals surface area contributed by atoms with Crippen LogP contribution in [0.1, 0.15) is 76.3 Å². The van der Waals surface area contributed by atoms with Gasteiger partial charge in [0.1, 0.15) is 11.5 Å². The Morgan fingerprint density at radius 2 is 1.40 bits per heavy atom. The molecular weight excluding hydrogens is 564 g/mol. The van der Waals surface area contributed by atoms with E-state index in [1.54, 1.807) is 55.5 Å². The van der Waals surface area contributed by atoms with Gasteiger partial charge >= 0.3 is 14.7 Å². The molecule has 0 aliphatic carbocycles. The van der Waals surface area contributed by atoms with Crippen LogP contribution in [0.4, 0.5) is 0 Å². The highest BCUT2D eigenvalue weighted by atomic mass is 32.4. The number of hydrogen-bond donors (Lipinski definition) is 1. The SMILES string of the molecule is C.C.C.C.C.C.C.C.C=CCNC(c1ccc(O[P+](=S)N(C)/N=C/c2ccc(OC)cc2)cc1)P(=O)(OC)OC. The number of ether oxygens (including phenoxy) is 1. The lowest BCUT2D eigenvalue weighted by molar-refractivity contribution is 0.260. The number of nitrogens with zero attached hydrogens (tertiary/aromatic N) is 2. The van der Waals surface area contributed by atoms with Crippen LogP contribution in [0.25, 0.3) is 0 Å². The molecule has 0 aliphatic heterocycles. The largest absolute Gasteiger partial charge is 0.540 e. The van der Waals surface area contributed by atoms with Crippen molar-refractivity contribution in [2.24, 2.45) is 5.10 Å². The first-order chi connectivity index (χ1) is 15.4. The fourth-order valence-electron chi connectivity index (χ4n) is 2.64. The number of methoxy groups -OCH3 is 1. The average molecular weight is 625 g/mol. The minimum absolute atomic E-state index is 0. The van der Waals surface area contributed by atoms with E-state index in [1.807, 2.05) is 24.3 Å². The lowest BCUT2D eigenvalue weighted by Gasteiger charge is -2.25. The summed E-state index contributed by atoms with van der Waals surface area (Å²) < 4.78 is 35.9. The van der Waals surface area contributed by atoms with Gasteiger partial charge < -0.3 is 13.8 Å². The summed E-state index contributed by atoms with van der Waals surface area (Å²) in [5.74, 6) is 0.710. The second-order valence-corrected chi connectivity index (χ2v) is 10.9. The van der Waals surface area contributed by atoms with Crippen molar-refractivity contribution in [2.45, 2.75) is 65.2 Å². The van der Waals surface area contributed by atoms with Gasteiger partial charge in [-0.05, 0) is 47.5 Å². The van der Waals surface area contributed by atoms with Crippen LogP contribution < -0.4 is 14.6 Å². The first-order valence-corrected chi connectivity index (χ1v) is 13.4. The molecule has 0 heterocycles. The summed E-state index contributed by atoms with van der Waals surface area (Å²) in [5, 5.41) is 7.48. The highest BCUT2D eigenvalue weighted by Crippen LogP contribution is 2.58. The summed E-state index contributed by atoms with van der Waals surface area (Å²) in [6.45, 7) is 4.12. The van der Waals surface area contributed by atoms with Gasteiger partial charge in [-0.2, -0.15) is 0 Å². The van der Waals surface area contributed by atoms with Gasteiger partial charge in [0.25, 0.3) is 0 Å². The molecule has 236 valence electrons. The molecule has 0 bridgehead atoms. The molecule has 0 aromatic heterocycles. The summed E-state index contributed by atoms with van der Waals surface area (Å²) in [6, 6.07) is 14.6. The van der Waals surface area contributed by atoms with E-state index in [-0.39, 0.29) is 59.4 Å². The third-order valence-electron chi connectivity index (χ3n) is 4.39. The first-order valence-electron chi connectivity index (χ1n) is 9.59. The van der Waals surface area contributed by atoms with Crippen LogP contribution >= 0.6 is 14.7 Å². The maximum atomic E-state index is 12.9. The van der Waals surface area contributed by atoms with Crippen molar-refractivity contribution in [1.82, 2.24) is 10.1 Å². The van der Waals surface area contributed by atoms with Crippen molar-refractivity contribution in [3.8, 4) is 11.5 Å². The molecular formula is C29H60N3O5P2S+. The lowest BCUT2D eigenvalue weighted by atomic mass is 10.2. The smallest absolute Gasteiger partial charge is 0.497 e. The van der Waals surface area contributed by atoms with Crippen LogP contribution in [0, 0.1) is 0 Å². The van der Waals surface area contributed by atoms with Gasteiger partial charge in [-0.3, -0.25) is 14.4 Å². The molecule has 0 saturated heterocycles. The first kappa shape index (κ1) is 54.0. The molecule has 0 spiro atoms. The van der Waals surface area contributed by atoms with E-state index < -0.39 is 20.5 Å². The quantitative estimate of drug-likeness (QED) is 0.102. The molecule has 0 amide bonds. The fourth-order valence-corrected chi connectivity index (χ4v) is 5.01. The monoisotopic (exact) mass is 624 g/mol. The van der Waals surface area contributed by atoms with Crippen LogP contribution in [0.3, 0.4) is 0 Å². The Labute approximate surface area is 254 Å². The Bertz CT molecular complexity index is 967. The van der Waals surface area contributed by atoms with Gasteiger partial charge in [-0.25, -0.2) is 0 Å². The molecule has 2 aromatic rings. The molecule has 2 rings (SSSR count). The van der Waals surface area contributed by atoms with E-state index in [9.17, 15) is 4.57 Å². The number of hydrazone groups is 1. The fraction of sp³-hybridized carbons (Fsp3) is 0.483. The molecule has 40 heavy (non-hydrogen) atoms. The number of nitrogens with one attached hydrogen (secondary N) is 1. The van der Waals surface area contributed by atoms with Gasteiger partial charge in [0.15, 0.2) is 5.75 Å². The summed E-state index contributed by atoms with van der Waals surface area (Å²) in [6.07, 6.45) is 3.38. The molecule has 2 aromatic carbocycles. The van der Waals surface area contributed by atoms with Crippen LogP contribution in [0.15, 0.2) is 66.3 Å². The molecule has 0 fully saturated rings. The van der Waals surface area contributed by atoms with Crippen molar-refractivity contribution in [1.29, 1.82) is 0 Å². The van der Waals surface area contributed by atoms with Crippen molar-refractivity contribution in [3.05, 3.63) is 72.3 Å². The van der Waals surface area contributed by atoms with E-state index in [0.29, 0.717) is 12.3 Å². The van der Waals surface area contributed by atoms with E-state index in [1.165, 1.54) is 14.2 Å². The van der Waals surface area contributed by atoms with Gasteiger partial charge in [-0.1, -0.05) is 82.4 Å². The highest BCUT2D eigenvalue weighted by Gasteiger charge is 2.35. The molecule has 0 radical (unpaired) electrons. The Kier molecular flexibility index (Phi) is 36.6. The number of hydrogen-bond acceptors (Lipinski definition) is 8. The summed E-state index contributed by atoms with van der Waals surface area (Å²) >= 11 is 5.46. The van der Waals surface area contributed by atoms with Crippen LogP contribution in [-0.2, 0) is 25.4 Å². The second-order valence-electron chi connectivity index (χ2n) is 6.41. The van der Waals surface area contributed by atoms with Crippen molar-refractivity contribution in [2.75, 3.05) is 34.9 Å². The summed E-state index contributed by atoms with van der Waals surface area (Å²) in [5.41, 5.74) is 1.64. The summed E-state index contributed by atoms with van der Waals surface area (Å²) in [4.78, 5) is 0. The molecule has 1 N–H and O–H groups in total. The third-order valence-corrected chi connectivity index (χ3v) is 8.39. The van der Waals surface area contributed by atoms with E-state index >= 15 is 0 Å². The maximum absolute atomic E-state index is 12.9. The zero-order chi connectivity index (χ0) is 23.6. The zero-order valence-electron chi connectivity index (χ0n) is 18.5. The average Bonchev–Trinajstić information content (AvgIpc) is 2.83. The van der Waals surface area contributed by atoms with E-state index in [0.717, 1.165) is 16.9 Å². The molecule has 0 saturated carbocycles. The van der Waals surface area contributed by atoms with Crippen LogP contribution in [0.2, 0.25) is 0 Å². The van der Waals surface area contributed by atoms with Gasteiger partial charge in [0, 0.05) is 20.8 Å². The normalized spacial score (nSPS) is 10.3. The van der Waals surface area contributed by atoms with Gasteiger partial charge in [-0.15, -0.1) is 11.7 Å². The van der Waals surface area contributed by atoms with E-state index in [2.05, 4.69) is 17.0 Å². The Hall–Kier alpha value is -2.12. The standard InChI is InChI=1S/C21H28N3O5P2S.8CH4/c1-6-15-22-21(31(25,27-4)28-5)18-9-13-20(14-10-18)29-30(32)24(2)23-16-17-7-11-19(26-3)12-8-17;;;;;;;;/h6-14,16,21-22H,1,15H2,2-5H3;8*1H4/q+1;;;;;;;;/b23-16+;;;;;;;;. The second kappa shape index (κ2) is 27.1. The number of rotatable bonds is 13.